The maximum absolute atomic E-state index is 10.0. The number of aliphatic hydroxyl groups is 2. The molecule has 1 aromatic rings. The quantitative estimate of drug-likeness (QED) is 0.681. The molecule has 116 valence electrons. The number of nitrogens with zero attached hydrogens (tertiary/aromatic N) is 2. The Hall–Kier alpha value is -1.61. The van der Waals surface area contributed by atoms with Crippen molar-refractivity contribution in [3.05, 3.63) is 29.8 Å². The van der Waals surface area contributed by atoms with Crippen LogP contribution in [0.2, 0.25) is 0 Å². The molecule has 0 aromatic heterocycles. The van der Waals surface area contributed by atoms with Gasteiger partial charge in [-0.15, -0.1) is 0 Å². The van der Waals surface area contributed by atoms with Crippen molar-refractivity contribution in [1.82, 2.24) is 4.90 Å². The fraction of sp³-hybridized carbons (Fsp3) is 0.562. The molecule has 0 radical (unpaired) electrons. The Balaban J connectivity index is 2.44. The topological polar surface area (TPSA) is 76.7 Å². The van der Waals surface area contributed by atoms with Crippen LogP contribution in [0, 0.1) is 11.3 Å². The maximum atomic E-state index is 10.0. The lowest BCUT2D eigenvalue weighted by Gasteiger charge is -2.24. The van der Waals surface area contributed by atoms with Crippen molar-refractivity contribution in [1.29, 1.82) is 5.26 Å². The van der Waals surface area contributed by atoms with Gasteiger partial charge in [0.15, 0.2) is 0 Å². The largest absolute Gasteiger partial charge is 0.489 e. The Morgan fingerprint density at radius 2 is 2.10 bits per heavy atom. The fourth-order valence-corrected chi connectivity index (χ4v) is 2.04. The van der Waals surface area contributed by atoms with Crippen LogP contribution >= 0.6 is 0 Å². The number of unbranched alkanes of at least 4 members (excludes halogenated alkanes) is 1. The van der Waals surface area contributed by atoms with Gasteiger partial charge in [0, 0.05) is 13.1 Å². The van der Waals surface area contributed by atoms with E-state index >= 15 is 0 Å². The van der Waals surface area contributed by atoms with Gasteiger partial charge in [-0.05, 0) is 25.1 Å². The third-order valence-electron chi connectivity index (χ3n) is 3.15. The lowest BCUT2D eigenvalue weighted by atomic mass is 10.2. The van der Waals surface area contributed by atoms with Crippen LogP contribution in [0.15, 0.2) is 24.3 Å². The van der Waals surface area contributed by atoms with Gasteiger partial charge < -0.3 is 14.9 Å². The van der Waals surface area contributed by atoms with E-state index in [2.05, 4.69) is 13.0 Å². The molecule has 0 saturated heterocycles. The molecule has 0 aliphatic carbocycles. The molecule has 1 aromatic carbocycles. The minimum atomic E-state index is -0.653. The van der Waals surface area contributed by atoms with Crippen molar-refractivity contribution in [2.75, 3.05) is 32.8 Å². The van der Waals surface area contributed by atoms with E-state index in [1.807, 2.05) is 4.90 Å². The zero-order valence-corrected chi connectivity index (χ0v) is 12.5. The number of hydrogen-bond acceptors (Lipinski definition) is 5. The third kappa shape index (κ3) is 6.58. The van der Waals surface area contributed by atoms with E-state index < -0.39 is 6.10 Å². The molecule has 0 fully saturated rings. The molecule has 0 spiro atoms. The molecule has 0 amide bonds. The first kappa shape index (κ1) is 17.4. The Kier molecular flexibility index (Phi) is 8.44. The average molecular weight is 292 g/mol. The molecular weight excluding hydrogens is 268 g/mol. The molecule has 5 nitrogen and oxygen atoms in total. The number of rotatable bonds is 10. The number of para-hydroxylation sites is 1. The summed E-state index contributed by atoms with van der Waals surface area (Å²) in [4.78, 5) is 2.02. The fourth-order valence-electron chi connectivity index (χ4n) is 2.04. The second-order valence-electron chi connectivity index (χ2n) is 4.95. The molecule has 0 heterocycles. The van der Waals surface area contributed by atoms with Crippen molar-refractivity contribution >= 4 is 0 Å². The van der Waals surface area contributed by atoms with Gasteiger partial charge in [0.1, 0.15) is 24.5 Å². The van der Waals surface area contributed by atoms with Crippen LogP contribution in [0.25, 0.3) is 0 Å². The van der Waals surface area contributed by atoms with Crippen LogP contribution in [0.5, 0.6) is 5.75 Å². The summed E-state index contributed by atoms with van der Waals surface area (Å²) in [5.74, 6) is 0.487. The first-order valence-electron chi connectivity index (χ1n) is 7.34. The van der Waals surface area contributed by atoms with E-state index in [1.165, 1.54) is 0 Å². The smallest absolute Gasteiger partial charge is 0.137 e. The molecular formula is C16H24N2O3. The summed E-state index contributed by atoms with van der Waals surface area (Å²) >= 11 is 0. The summed E-state index contributed by atoms with van der Waals surface area (Å²) < 4.78 is 5.51. The van der Waals surface area contributed by atoms with Crippen molar-refractivity contribution in [2.45, 2.75) is 25.9 Å². The minimum Gasteiger partial charge on any atom is -0.489 e. The first-order valence-corrected chi connectivity index (χ1v) is 7.34. The van der Waals surface area contributed by atoms with E-state index in [4.69, 9.17) is 15.1 Å². The van der Waals surface area contributed by atoms with Crippen molar-refractivity contribution in [2.24, 2.45) is 0 Å². The average Bonchev–Trinajstić information content (AvgIpc) is 2.51. The minimum absolute atomic E-state index is 0.0779. The first-order chi connectivity index (χ1) is 10.2. The molecule has 2 N–H and O–H groups in total. The molecule has 5 heteroatoms. The second-order valence-corrected chi connectivity index (χ2v) is 4.95. The van der Waals surface area contributed by atoms with Gasteiger partial charge in [-0.1, -0.05) is 25.5 Å². The summed E-state index contributed by atoms with van der Waals surface area (Å²) in [6, 6.07) is 9.02. The van der Waals surface area contributed by atoms with Crippen molar-refractivity contribution in [3.8, 4) is 11.8 Å². The van der Waals surface area contributed by atoms with Gasteiger partial charge in [-0.25, -0.2) is 0 Å². The Morgan fingerprint density at radius 3 is 2.76 bits per heavy atom. The number of benzene rings is 1. The van der Waals surface area contributed by atoms with Gasteiger partial charge in [-0.3, -0.25) is 4.90 Å². The van der Waals surface area contributed by atoms with E-state index in [9.17, 15) is 5.11 Å². The highest BCUT2D eigenvalue weighted by molar-refractivity contribution is 5.42. The molecule has 0 aliphatic heterocycles. The van der Waals surface area contributed by atoms with Crippen LogP contribution in [-0.4, -0.2) is 54.1 Å². The molecule has 1 atom stereocenters. The highest BCUT2D eigenvalue weighted by Gasteiger charge is 2.12. The molecule has 0 saturated carbocycles. The standard InChI is InChI=1S/C16H24N2O3/c1-2-3-8-18(9-10-19)12-15(20)13-21-16-7-5-4-6-14(16)11-17/h4-7,15,19-20H,2-3,8-10,12-13H2,1H3. The summed E-state index contributed by atoms with van der Waals surface area (Å²) in [5, 5.41) is 28.0. The van der Waals surface area contributed by atoms with E-state index in [0.29, 0.717) is 24.4 Å². The Labute approximate surface area is 126 Å². The van der Waals surface area contributed by atoms with E-state index in [0.717, 1.165) is 19.4 Å². The van der Waals surface area contributed by atoms with Gasteiger partial charge in [0.2, 0.25) is 0 Å². The van der Waals surface area contributed by atoms with Crippen LogP contribution in [0.3, 0.4) is 0 Å². The summed E-state index contributed by atoms with van der Waals surface area (Å²) in [6.45, 7) is 4.17. The summed E-state index contributed by atoms with van der Waals surface area (Å²) in [7, 11) is 0. The predicted molar refractivity (Wildman–Crippen MR) is 81.1 cm³/mol. The zero-order chi connectivity index (χ0) is 15.5. The highest BCUT2D eigenvalue weighted by Crippen LogP contribution is 2.16. The molecule has 21 heavy (non-hydrogen) atoms. The SMILES string of the molecule is CCCCN(CCO)CC(O)COc1ccccc1C#N. The van der Waals surface area contributed by atoms with Crippen molar-refractivity contribution < 1.29 is 14.9 Å². The van der Waals surface area contributed by atoms with Gasteiger partial charge >= 0.3 is 0 Å². The normalized spacial score (nSPS) is 12.1. The molecule has 1 unspecified atom stereocenters. The summed E-state index contributed by atoms with van der Waals surface area (Å²) in [6.07, 6.45) is 1.45. The zero-order valence-electron chi connectivity index (χ0n) is 12.5. The van der Waals surface area contributed by atoms with Crippen LogP contribution in [0.1, 0.15) is 25.3 Å². The predicted octanol–water partition coefficient (Wildman–Crippen LogP) is 1.39. The lowest BCUT2D eigenvalue weighted by molar-refractivity contribution is 0.0612. The maximum Gasteiger partial charge on any atom is 0.137 e. The summed E-state index contributed by atoms with van der Waals surface area (Å²) in [5.41, 5.74) is 0.461. The number of ether oxygens (including phenoxy) is 1. The molecule has 1 rings (SSSR count). The van der Waals surface area contributed by atoms with Crippen LogP contribution in [-0.2, 0) is 0 Å². The highest BCUT2D eigenvalue weighted by atomic mass is 16.5. The van der Waals surface area contributed by atoms with E-state index in [1.54, 1.807) is 24.3 Å². The number of nitriles is 1. The number of hydrogen-bond donors (Lipinski definition) is 2. The van der Waals surface area contributed by atoms with Crippen LogP contribution < -0.4 is 4.74 Å². The Morgan fingerprint density at radius 1 is 1.33 bits per heavy atom. The van der Waals surface area contributed by atoms with Gasteiger partial charge in [0.25, 0.3) is 0 Å². The van der Waals surface area contributed by atoms with Crippen molar-refractivity contribution in [3.63, 3.8) is 0 Å². The molecule has 0 aliphatic rings. The third-order valence-corrected chi connectivity index (χ3v) is 3.15. The second kappa shape index (κ2) is 10.2. The Bertz CT molecular complexity index is 445. The lowest BCUT2D eigenvalue weighted by Crippen LogP contribution is -2.38. The molecule has 0 bridgehead atoms. The van der Waals surface area contributed by atoms with E-state index in [-0.39, 0.29) is 13.2 Å². The number of aliphatic hydroxyl groups excluding tert-OH is 2. The van der Waals surface area contributed by atoms with Crippen LogP contribution in [0.4, 0.5) is 0 Å². The van der Waals surface area contributed by atoms with Gasteiger partial charge in [-0.2, -0.15) is 5.26 Å². The monoisotopic (exact) mass is 292 g/mol. The van der Waals surface area contributed by atoms with Gasteiger partial charge in [0.05, 0.1) is 12.2 Å².